The van der Waals surface area contributed by atoms with Crippen LogP contribution < -0.4 is 10.9 Å². The van der Waals surface area contributed by atoms with Crippen molar-refractivity contribution in [3.8, 4) is 0 Å². The summed E-state index contributed by atoms with van der Waals surface area (Å²) < 4.78 is 19.7. The number of rotatable bonds is 11. The summed E-state index contributed by atoms with van der Waals surface area (Å²) in [6.45, 7) is 3.19. The van der Waals surface area contributed by atoms with Gasteiger partial charge in [0.15, 0.2) is 0 Å². The highest BCUT2D eigenvalue weighted by Gasteiger charge is 2.00. The van der Waals surface area contributed by atoms with Crippen molar-refractivity contribution in [3.05, 3.63) is 105 Å². The molecule has 0 bridgehead atoms. The van der Waals surface area contributed by atoms with Crippen LogP contribution in [0.5, 0.6) is 0 Å². The Morgan fingerprint density at radius 3 is 2.39 bits per heavy atom. The molecule has 3 rings (SSSR count). The number of nitrogens with zero attached hydrogens (tertiary/aromatic N) is 1. The van der Waals surface area contributed by atoms with Crippen molar-refractivity contribution in [2.45, 2.75) is 25.9 Å². The highest BCUT2D eigenvalue weighted by molar-refractivity contribution is 5.69. The van der Waals surface area contributed by atoms with Crippen molar-refractivity contribution in [2.75, 3.05) is 20.3 Å². The fourth-order valence-corrected chi connectivity index (χ4v) is 3.23. The fourth-order valence-electron chi connectivity index (χ4n) is 3.23. The van der Waals surface area contributed by atoms with Crippen molar-refractivity contribution >= 4 is 12.2 Å². The third-order valence-corrected chi connectivity index (χ3v) is 5.05. The minimum absolute atomic E-state index is 0.0295. The van der Waals surface area contributed by atoms with E-state index < -0.39 is 0 Å². The molecule has 1 aromatic heterocycles. The van der Waals surface area contributed by atoms with Crippen molar-refractivity contribution < 1.29 is 9.13 Å². The highest BCUT2D eigenvalue weighted by Crippen LogP contribution is 2.09. The number of methoxy groups -OCH3 is 1. The molecule has 0 saturated heterocycles. The van der Waals surface area contributed by atoms with Crippen LogP contribution >= 0.6 is 0 Å². The Morgan fingerprint density at radius 2 is 1.68 bits per heavy atom. The van der Waals surface area contributed by atoms with Gasteiger partial charge in [0, 0.05) is 39.1 Å². The zero-order valence-electron chi connectivity index (χ0n) is 17.9. The fraction of sp³-hybridized carbons (Fsp3) is 0.269. The summed E-state index contributed by atoms with van der Waals surface area (Å²) in [5, 5.41) is 3.40. The third-order valence-electron chi connectivity index (χ3n) is 5.05. The molecule has 0 radical (unpaired) electrons. The summed E-state index contributed by atoms with van der Waals surface area (Å²) in [4.78, 5) is 12.4. The standard InChI is InChI=1S/C26H29FN2O2/c1-31-18-2-15-28-20-24-7-4-22(5-8-24)13-16-29-17-14-23(19-26(29)30)6-3-21-9-11-25(27)12-10-21/h3-12,14,17,19,28H,2,13,15-16,18,20H2,1H3/b6-3+. The van der Waals surface area contributed by atoms with Crippen LogP contribution in [0.25, 0.3) is 12.2 Å². The first-order chi connectivity index (χ1) is 15.1. The van der Waals surface area contributed by atoms with Crippen molar-refractivity contribution in [1.29, 1.82) is 0 Å². The van der Waals surface area contributed by atoms with E-state index in [-0.39, 0.29) is 11.4 Å². The molecule has 3 aromatic rings. The lowest BCUT2D eigenvalue weighted by Gasteiger charge is -2.08. The zero-order valence-corrected chi connectivity index (χ0v) is 17.9. The van der Waals surface area contributed by atoms with E-state index in [1.54, 1.807) is 29.9 Å². The number of halogens is 1. The van der Waals surface area contributed by atoms with Crippen molar-refractivity contribution in [1.82, 2.24) is 9.88 Å². The number of ether oxygens (including phenoxy) is 1. The lowest BCUT2D eigenvalue weighted by atomic mass is 10.1. The Hall–Kier alpha value is -3.02. The molecule has 31 heavy (non-hydrogen) atoms. The van der Waals surface area contributed by atoms with Gasteiger partial charge in [-0.1, -0.05) is 48.6 Å². The molecular formula is C26H29FN2O2. The lowest BCUT2D eigenvalue weighted by molar-refractivity contribution is 0.194. The van der Waals surface area contributed by atoms with Gasteiger partial charge in [-0.2, -0.15) is 0 Å². The van der Waals surface area contributed by atoms with Crippen molar-refractivity contribution in [2.24, 2.45) is 0 Å². The SMILES string of the molecule is COCCCNCc1ccc(CCn2ccc(/C=C/c3ccc(F)cc3)cc2=O)cc1. The summed E-state index contributed by atoms with van der Waals surface area (Å²) in [5.41, 5.74) is 4.14. The van der Waals surface area contributed by atoms with E-state index in [0.29, 0.717) is 6.54 Å². The summed E-state index contributed by atoms with van der Waals surface area (Å²) in [5.74, 6) is -0.260. The molecule has 5 heteroatoms. The van der Waals surface area contributed by atoms with E-state index in [2.05, 4.69) is 29.6 Å². The van der Waals surface area contributed by atoms with Gasteiger partial charge < -0.3 is 14.6 Å². The normalized spacial score (nSPS) is 11.3. The van der Waals surface area contributed by atoms with Crippen LogP contribution in [0.4, 0.5) is 4.39 Å². The van der Waals surface area contributed by atoms with Gasteiger partial charge in [-0.3, -0.25) is 4.79 Å². The van der Waals surface area contributed by atoms with Crippen LogP contribution in [-0.2, 0) is 24.2 Å². The Labute approximate surface area is 183 Å². The number of benzene rings is 2. The monoisotopic (exact) mass is 420 g/mol. The van der Waals surface area contributed by atoms with Gasteiger partial charge in [0.25, 0.3) is 5.56 Å². The molecule has 0 amide bonds. The van der Waals surface area contributed by atoms with Crippen molar-refractivity contribution in [3.63, 3.8) is 0 Å². The quantitative estimate of drug-likeness (QED) is 0.464. The second-order valence-electron chi connectivity index (χ2n) is 7.47. The third kappa shape index (κ3) is 7.63. The molecule has 4 nitrogen and oxygen atoms in total. The number of hydrogen-bond donors (Lipinski definition) is 1. The van der Waals surface area contributed by atoms with Crippen LogP contribution in [0.15, 0.2) is 71.7 Å². The highest BCUT2D eigenvalue weighted by atomic mass is 19.1. The number of pyridine rings is 1. The predicted molar refractivity (Wildman–Crippen MR) is 124 cm³/mol. The second kappa shape index (κ2) is 12.0. The molecule has 0 aliphatic heterocycles. The van der Waals surface area contributed by atoms with Gasteiger partial charge >= 0.3 is 0 Å². The smallest absolute Gasteiger partial charge is 0.251 e. The largest absolute Gasteiger partial charge is 0.385 e. The Morgan fingerprint density at radius 1 is 0.968 bits per heavy atom. The number of nitrogens with one attached hydrogen (secondary N) is 1. The van der Waals surface area contributed by atoms with E-state index in [1.165, 1.54) is 23.3 Å². The maximum Gasteiger partial charge on any atom is 0.251 e. The molecule has 2 aromatic carbocycles. The average Bonchev–Trinajstić information content (AvgIpc) is 2.79. The van der Waals surface area contributed by atoms with Crippen LogP contribution in [0.3, 0.4) is 0 Å². The molecule has 0 saturated carbocycles. The first-order valence-electron chi connectivity index (χ1n) is 10.6. The Balaban J connectivity index is 1.50. The molecule has 0 spiro atoms. The van der Waals surface area contributed by atoms with Gasteiger partial charge in [0.2, 0.25) is 0 Å². The van der Waals surface area contributed by atoms with Gasteiger partial charge in [-0.05, 0) is 59.8 Å². The minimum atomic E-state index is -0.260. The Bertz CT molecular complexity index is 1020. The van der Waals surface area contributed by atoms with E-state index in [9.17, 15) is 9.18 Å². The number of aromatic nitrogens is 1. The lowest BCUT2D eigenvalue weighted by Crippen LogP contribution is -2.19. The number of aryl methyl sites for hydroxylation is 2. The van der Waals surface area contributed by atoms with E-state index in [1.807, 2.05) is 24.4 Å². The summed E-state index contributed by atoms with van der Waals surface area (Å²) >= 11 is 0. The first kappa shape index (κ1) is 22.7. The van der Waals surface area contributed by atoms with E-state index in [4.69, 9.17) is 4.74 Å². The molecule has 1 N–H and O–H groups in total. The summed E-state index contributed by atoms with van der Waals surface area (Å²) in [6, 6.07) is 18.3. The van der Waals surface area contributed by atoms with Crippen LogP contribution in [-0.4, -0.2) is 24.8 Å². The first-order valence-corrected chi connectivity index (χ1v) is 10.6. The molecule has 0 unspecified atom stereocenters. The molecule has 0 aliphatic rings. The van der Waals surface area contributed by atoms with E-state index in [0.717, 1.165) is 43.7 Å². The maximum atomic E-state index is 13.0. The summed E-state index contributed by atoms with van der Waals surface area (Å²) in [7, 11) is 1.72. The topological polar surface area (TPSA) is 43.3 Å². The van der Waals surface area contributed by atoms with Crippen LogP contribution in [0.1, 0.15) is 28.7 Å². The molecule has 162 valence electrons. The van der Waals surface area contributed by atoms with Crippen LogP contribution in [0.2, 0.25) is 0 Å². The Kier molecular flexibility index (Phi) is 8.76. The molecule has 0 atom stereocenters. The molecule has 0 fully saturated rings. The van der Waals surface area contributed by atoms with E-state index >= 15 is 0 Å². The van der Waals surface area contributed by atoms with Gasteiger partial charge in [-0.25, -0.2) is 4.39 Å². The molecular weight excluding hydrogens is 391 g/mol. The maximum absolute atomic E-state index is 13.0. The summed E-state index contributed by atoms with van der Waals surface area (Å²) in [6.07, 6.45) is 7.36. The number of hydrogen-bond acceptors (Lipinski definition) is 3. The van der Waals surface area contributed by atoms with Gasteiger partial charge in [0.1, 0.15) is 5.82 Å². The molecule has 0 aliphatic carbocycles. The van der Waals surface area contributed by atoms with Gasteiger partial charge in [-0.15, -0.1) is 0 Å². The molecule has 1 heterocycles. The minimum Gasteiger partial charge on any atom is -0.385 e. The zero-order chi connectivity index (χ0) is 21.9. The van der Waals surface area contributed by atoms with Crippen LogP contribution in [0, 0.1) is 5.82 Å². The average molecular weight is 421 g/mol. The second-order valence-corrected chi connectivity index (χ2v) is 7.47. The van der Waals surface area contributed by atoms with Gasteiger partial charge in [0.05, 0.1) is 0 Å². The predicted octanol–water partition coefficient (Wildman–Crippen LogP) is 4.53.